The molecule has 0 N–H and O–H groups in total. The second-order valence-electron chi connectivity index (χ2n) is 5.83. The van der Waals surface area contributed by atoms with E-state index in [2.05, 4.69) is 0 Å². The Labute approximate surface area is 122 Å². The van der Waals surface area contributed by atoms with Gasteiger partial charge in [0.25, 0.3) is 0 Å². The van der Waals surface area contributed by atoms with Crippen molar-refractivity contribution in [3.8, 4) is 0 Å². The fourth-order valence-corrected chi connectivity index (χ4v) is 2.12. The predicted molar refractivity (Wildman–Crippen MR) is 79.1 cm³/mol. The molecule has 2 rings (SSSR count). The second kappa shape index (κ2) is 5.55. The van der Waals surface area contributed by atoms with Crippen LogP contribution in [0.2, 0.25) is 0 Å². The van der Waals surface area contributed by atoms with Crippen LogP contribution in [0.3, 0.4) is 0 Å². The zero-order chi connectivity index (χ0) is 15.6. The van der Waals surface area contributed by atoms with Gasteiger partial charge in [0.1, 0.15) is 5.60 Å². The molecule has 0 radical (unpaired) electrons. The van der Waals surface area contributed by atoms with Gasteiger partial charge in [-0.2, -0.15) is 0 Å². The van der Waals surface area contributed by atoms with E-state index in [1.54, 1.807) is 33.0 Å². The minimum Gasteiger partial charge on any atom is -0.443 e. The van der Waals surface area contributed by atoms with Crippen LogP contribution in [-0.2, 0) is 11.2 Å². The van der Waals surface area contributed by atoms with Crippen molar-refractivity contribution in [2.75, 3.05) is 6.54 Å². The number of carbonyl (C=O) groups excluding carboxylic acids is 1. The molecule has 0 aliphatic heterocycles. The Morgan fingerprint density at radius 1 is 1.33 bits per heavy atom. The van der Waals surface area contributed by atoms with Gasteiger partial charge in [0.05, 0.1) is 5.52 Å². The predicted octanol–water partition coefficient (Wildman–Crippen LogP) is 3.24. The fourth-order valence-electron chi connectivity index (χ4n) is 2.12. The van der Waals surface area contributed by atoms with Crippen molar-refractivity contribution in [2.24, 2.45) is 0 Å². The summed E-state index contributed by atoms with van der Waals surface area (Å²) in [5.41, 5.74) is 0.877. The first-order chi connectivity index (χ1) is 9.78. The van der Waals surface area contributed by atoms with Crippen molar-refractivity contribution in [3.05, 3.63) is 46.1 Å². The number of carbonyl (C=O) groups is 1. The molecule has 0 spiro atoms. The van der Waals surface area contributed by atoms with E-state index >= 15 is 0 Å². The lowest BCUT2D eigenvalue weighted by Gasteiger charge is -2.19. The van der Waals surface area contributed by atoms with Crippen molar-refractivity contribution in [1.82, 2.24) is 4.57 Å². The van der Waals surface area contributed by atoms with Crippen LogP contribution in [0.15, 0.2) is 30.5 Å². The van der Waals surface area contributed by atoms with E-state index in [1.165, 1.54) is 4.57 Å². The molecular formula is C15H18N2O4. The summed E-state index contributed by atoms with van der Waals surface area (Å²) < 4.78 is 6.77. The molecular weight excluding hydrogens is 272 g/mol. The van der Waals surface area contributed by atoms with Crippen LogP contribution in [0.1, 0.15) is 26.3 Å². The quantitative estimate of drug-likeness (QED) is 0.642. The minimum absolute atomic E-state index is 0.164. The molecule has 0 aliphatic rings. The Bertz CT molecular complexity index is 683. The second-order valence-corrected chi connectivity index (χ2v) is 5.83. The number of para-hydroxylation sites is 1. The molecule has 1 aromatic carbocycles. The fraction of sp³-hybridized carbons (Fsp3) is 0.400. The number of nitrogens with zero attached hydrogens (tertiary/aromatic N) is 2. The Kier molecular flexibility index (Phi) is 3.97. The third-order valence-corrected chi connectivity index (χ3v) is 2.95. The van der Waals surface area contributed by atoms with Gasteiger partial charge in [-0.25, -0.2) is 4.79 Å². The van der Waals surface area contributed by atoms with E-state index in [0.29, 0.717) is 5.52 Å². The largest absolute Gasteiger partial charge is 0.443 e. The van der Waals surface area contributed by atoms with Crippen molar-refractivity contribution in [3.63, 3.8) is 0 Å². The molecule has 0 fully saturated rings. The molecule has 0 bridgehead atoms. The zero-order valence-corrected chi connectivity index (χ0v) is 12.3. The first-order valence-corrected chi connectivity index (χ1v) is 6.72. The van der Waals surface area contributed by atoms with Crippen LogP contribution < -0.4 is 0 Å². The summed E-state index contributed by atoms with van der Waals surface area (Å²) >= 11 is 0. The minimum atomic E-state index is -0.594. The van der Waals surface area contributed by atoms with Gasteiger partial charge in [-0.3, -0.25) is 14.7 Å². The van der Waals surface area contributed by atoms with E-state index < -0.39 is 11.7 Å². The molecule has 0 saturated carbocycles. The molecule has 0 atom stereocenters. The van der Waals surface area contributed by atoms with Gasteiger partial charge in [-0.1, -0.05) is 18.2 Å². The van der Waals surface area contributed by atoms with E-state index in [4.69, 9.17) is 4.74 Å². The molecule has 6 heteroatoms. The number of rotatable bonds is 3. The molecule has 6 nitrogen and oxygen atoms in total. The highest BCUT2D eigenvalue weighted by Gasteiger charge is 2.20. The molecule has 1 heterocycles. The topological polar surface area (TPSA) is 74.4 Å². The van der Waals surface area contributed by atoms with Crippen molar-refractivity contribution < 1.29 is 14.5 Å². The van der Waals surface area contributed by atoms with Crippen molar-refractivity contribution >= 4 is 17.0 Å². The van der Waals surface area contributed by atoms with Crippen LogP contribution in [0.5, 0.6) is 0 Å². The molecule has 1 aromatic heterocycles. The number of fused-ring (bicyclic) bond motifs is 1. The standard InChI is InChI=1S/C15H18N2O4/c1-15(2,3)21-14(18)16-10-11(8-9-17(19)20)12-6-4-5-7-13(12)16/h4-7,10H,8-9H2,1-3H3. The summed E-state index contributed by atoms with van der Waals surface area (Å²) in [7, 11) is 0. The van der Waals surface area contributed by atoms with Gasteiger partial charge in [0.15, 0.2) is 0 Å². The summed E-state index contributed by atoms with van der Waals surface area (Å²) in [5, 5.41) is 11.4. The summed E-state index contributed by atoms with van der Waals surface area (Å²) in [5.74, 6) is 0. The third kappa shape index (κ3) is 3.59. The van der Waals surface area contributed by atoms with Gasteiger partial charge in [-0.15, -0.1) is 0 Å². The van der Waals surface area contributed by atoms with Gasteiger partial charge >= 0.3 is 6.09 Å². The number of hydrogen-bond donors (Lipinski definition) is 0. The third-order valence-electron chi connectivity index (χ3n) is 2.95. The average Bonchev–Trinajstić information content (AvgIpc) is 2.73. The molecule has 21 heavy (non-hydrogen) atoms. The van der Waals surface area contributed by atoms with Crippen LogP contribution in [-0.4, -0.2) is 27.7 Å². The van der Waals surface area contributed by atoms with Gasteiger partial charge in [0, 0.05) is 22.9 Å². The number of benzene rings is 1. The first kappa shape index (κ1) is 15.0. The van der Waals surface area contributed by atoms with Crippen LogP contribution in [0, 0.1) is 10.1 Å². The maximum Gasteiger partial charge on any atom is 0.419 e. The molecule has 0 aliphatic carbocycles. The van der Waals surface area contributed by atoms with Crippen molar-refractivity contribution in [2.45, 2.75) is 32.8 Å². The number of aromatic nitrogens is 1. The highest BCUT2D eigenvalue weighted by molar-refractivity contribution is 5.92. The van der Waals surface area contributed by atoms with E-state index in [0.717, 1.165) is 10.9 Å². The number of hydrogen-bond acceptors (Lipinski definition) is 4. The van der Waals surface area contributed by atoms with Crippen LogP contribution in [0.4, 0.5) is 4.79 Å². The summed E-state index contributed by atoms with van der Waals surface area (Å²) in [4.78, 5) is 22.4. The Hall–Kier alpha value is -2.37. The molecule has 0 amide bonds. The van der Waals surface area contributed by atoms with E-state index in [9.17, 15) is 14.9 Å². The van der Waals surface area contributed by atoms with E-state index in [1.807, 2.05) is 18.2 Å². The molecule has 0 unspecified atom stereocenters. The maximum absolute atomic E-state index is 12.2. The van der Waals surface area contributed by atoms with Crippen LogP contribution >= 0.6 is 0 Å². The number of nitro groups is 1. The monoisotopic (exact) mass is 290 g/mol. The average molecular weight is 290 g/mol. The summed E-state index contributed by atoms with van der Waals surface area (Å²) in [6.45, 7) is 5.22. The number of ether oxygens (including phenoxy) is 1. The Morgan fingerprint density at radius 2 is 2.00 bits per heavy atom. The normalized spacial score (nSPS) is 11.6. The smallest absolute Gasteiger partial charge is 0.419 e. The van der Waals surface area contributed by atoms with Crippen LogP contribution in [0.25, 0.3) is 10.9 Å². The SMILES string of the molecule is CC(C)(C)OC(=O)n1cc(CC[N+](=O)[O-])c2ccccc21. The molecule has 112 valence electrons. The van der Waals surface area contributed by atoms with Gasteiger partial charge < -0.3 is 4.74 Å². The maximum atomic E-state index is 12.2. The Morgan fingerprint density at radius 3 is 2.62 bits per heavy atom. The molecule has 0 saturated heterocycles. The van der Waals surface area contributed by atoms with Crippen molar-refractivity contribution in [1.29, 1.82) is 0 Å². The lowest BCUT2D eigenvalue weighted by molar-refractivity contribution is -0.479. The Balaban J connectivity index is 2.40. The highest BCUT2D eigenvalue weighted by Crippen LogP contribution is 2.23. The zero-order valence-electron chi connectivity index (χ0n) is 12.3. The molecule has 2 aromatic rings. The summed E-state index contributed by atoms with van der Waals surface area (Å²) in [6.07, 6.45) is 1.43. The lowest BCUT2D eigenvalue weighted by Crippen LogP contribution is -2.26. The summed E-state index contributed by atoms with van der Waals surface area (Å²) in [6, 6.07) is 7.32. The van der Waals surface area contributed by atoms with Gasteiger partial charge in [0.2, 0.25) is 6.54 Å². The first-order valence-electron chi connectivity index (χ1n) is 6.72. The van der Waals surface area contributed by atoms with Gasteiger partial charge in [-0.05, 0) is 32.4 Å². The lowest BCUT2D eigenvalue weighted by atomic mass is 10.1. The van der Waals surface area contributed by atoms with E-state index in [-0.39, 0.29) is 17.9 Å². The highest BCUT2D eigenvalue weighted by atomic mass is 16.6.